The van der Waals surface area contributed by atoms with Gasteiger partial charge in [0.1, 0.15) is 18.5 Å². The molecule has 0 aromatic carbocycles. The summed E-state index contributed by atoms with van der Waals surface area (Å²) in [5.41, 5.74) is 1.45. The minimum Gasteiger partial charge on any atom is -0.491 e. The number of ether oxygens (including phenoxy) is 3. The van der Waals surface area contributed by atoms with Crippen molar-refractivity contribution in [3.8, 4) is 0 Å². The zero-order valence-electron chi connectivity index (χ0n) is 18.3. The summed E-state index contributed by atoms with van der Waals surface area (Å²) in [6.45, 7) is 7.72. The van der Waals surface area contributed by atoms with Crippen LogP contribution in [0.3, 0.4) is 0 Å². The minimum atomic E-state index is -0.634. The predicted molar refractivity (Wildman–Crippen MR) is 119 cm³/mol. The number of hydrogen-bond donors (Lipinski definition) is 1. The maximum atomic E-state index is 12.5. The first-order chi connectivity index (χ1) is 15.0. The third-order valence-corrected chi connectivity index (χ3v) is 4.88. The molecule has 0 saturated heterocycles. The lowest BCUT2D eigenvalue weighted by Crippen LogP contribution is -2.31. The Morgan fingerprint density at radius 2 is 2.16 bits per heavy atom. The van der Waals surface area contributed by atoms with Crippen molar-refractivity contribution in [2.45, 2.75) is 51.7 Å². The summed E-state index contributed by atoms with van der Waals surface area (Å²) in [5, 5.41) is 10.1. The van der Waals surface area contributed by atoms with E-state index < -0.39 is 18.2 Å². The Labute approximate surface area is 184 Å². The van der Waals surface area contributed by atoms with Gasteiger partial charge in [0.2, 0.25) is 0 Å². The van der Waals surface area contributed by atoms with Gasteiger partial charge in [-0.2, -0.15) is 0 Å². The molecule has 3 unspecified atom stereocenters. The number of unbranched alkanes of at least 4 members (excludes halogenated alkanes) is 1. The van der Waals surface area contributed by atoms with Crippen molar-refractivity contribution in [1.29, 1.82) is 0 Å². The molecule has 1 N–H and O–H groups in total. The zero-order valence-corrected chi connectivity index (χ0v) is 18.3. The van der Waals surface area contributed by atoms with E-state index in [1.54, 1.807) is 6.08 Å². The zero-order chi connectivity index (χ0) is 22.6. The van der Waals surface area contributed by atoms with E-state index in [4.69, 9.17) is 14.2 Å². The molecule has 0 bridgehead atoms. The monoisotopic (exact) mass is 428 g/mol. The van der Waals surface area contributed by atoms with Crippen LogP contribution < -0.4 is 0 Å². The van der Waals surface area contributed by atoms with Crippen molar-refractivity contribution < 1.29 is 28.9 Å². The van der Waals surface area contributed by atoms with E-state index in [0.29, 0.717) is 37.2 Å². The summed E-state index contributed by atoms with van der Waals surface area (Å²) in [6.07, 6.45) is 16.1. The fourth-order valence-corrected chi connectivity index (χ4v) is 3.32. The Hall–Kier alpha value is -2.86. The topological polar surface area (TPSA) is 82.1 Å². The first-order valence-electron chi connectivity index (χ1n) is 10.7. The van der Waals surface area contributed by atoms with Crippen LogP contribution in [0, 0.1) is 5.92 Å². The van der Waals surface area contributed by atoms with Crippen LogP contribution in [0.2, 0.25) is 0 Å². The molecule has 1 heterocycles. The van der Waals surface area contributed by atoms with E-state index in [9.17, 15) is 14.7 Å². The van der Waals surface area contributed by atoms with E-state index in [1.165, 1.54) is 0 Å². The van der Waals surface area contributed by atoms with Crippen molar-refractivity contribution in [3.05, 3.63) is 72.1 Å². The molecule has 0 saturated carbocycles. The lowest BCUT2D eigenvalue weighted by molar-refractivity contribution is -0.144. The molecule has 1 aliphatic carbocycles. The predicted octanol–water partition coefficient (Wildman–Crippen LogP) is 4.10. The number of esters is 2. The Morgan fingerprint density at radius 3 is 2.87 bits per heavy atom. The average molecular weight is 429 g/mol. The Balaban J connectivity index is 1.84. The first kappa shape index (κ1) is 24.4. The number of fused-ring (bicyclic) bond motifs is 1. The van der Waals surface area contributed by atoms with Gasteiger partial charge in [0.15, 0.2) is 0 Å². The number of allylic oxidation sites excluding steroid dienone is 4. The quantitative estimate of drug-likeness (QED) is 0.218. The summed E-state index contributed by atoms with van der Waals surface area (Å²) in [6, 6.07) is 0. The SMILES string of the molecule is C=CC(=O)OCCCCC(O)COC1=CC2OC(=O)C(C(/C=C\C)=C/CC)=CC2C=C1. The van der Waals surface area contributed by atoms with Crippen LogP contribution in [0.15, 0.2) is 72.1 Å². The van der Waals surface area contributed by atoms with E-state index >= 15 is 0 Å². The normalized spacial score (nSPS) is 21.6. The van der Waals surface area contributed by atoms with Crippen LogP contribution in [-0.2, 0) is 23.8 Å². The Morgan fingerprint density at radius 1 is 1.35 bits per heavy atom. The molecule has 3 atom stereocenters. The fourth-order valence-electron chi connectivity index (χ4n) is 3.32. The van der Waals surface area contributed by atoms with Gasteiger partial charge in [-0.15, -0.1) is 0 Å². The van der Waals surface area contributed by atoms with E-state index in [1.807, 2.05) is 50.3 Å². The van der Waals surface area contributed by atoms with Crippen LogP contribution >= 0.6 is 0 Å². The van der Waals surface area contributed by atoms with Gasteiger partial charge in [0, 0.05) is 12.0 Å². The molecule has 0 radical (unpaired) electrons. The molecule has 0 aromatic heterocycles. The summed E-state index contributed by atoms with van der Waals surface area (Å²) >= 11 is 0. The molecule has 31 heavy (non-hydrogen) atoms. The molecule has 0 spiro atoms. The molecule has 0 amide bonds. The molecular formula is C25H32O6. The van der Waals surface area contributed by atoms with Gasteiger partial charge in [0.05, 0.1) is 18.3 Å². The lowest BCUT2D eigenvalue weighted by atomic mass is 9.89. The van der Waals surface area contributed by atoms with Gasteiger partial charge in [0.25, 0.3) is 0 Å². The molecule has 1 aliphatic heterocycles. The molecule has 2 aliphatic rings. The average Bonchev–Trinajstić information content (AvgIpc) is 2.76. The highest BCUT2D eigenvalue weighted by Gasteiger charge is 2.31. The van der Waals surface area contributed by atoms with Crippen LogP contribution in [0.5, 0.6) is 0 Å². The lowest BCUT2D eigenvalue weighted by Gasteiger charge is -2.29. The second-order valence-corrected chi connectivity index (χ2v) is 7.36. The van der Waals surface area contributed by atoms with E-state index in [0.717, 1.165) is 18.1 Å². The van der Waals surface area contributed by atoms with Crippen molar-refractivity contribution in [3.63, 3.8) is 0 Å². The molecule has 0 aromatic rings. The number of carbonyl (C=O) groups is 2. The van der Waals surface area contributed by atoms with Crippen molar-refractivity contribution in [2.24, 2.45) is 5.92 Å². The van der Waals surface area contributed by atoms with Crippen molar-refractivity contribution in [1.82, 2.24) is 0 Å². The number of hydrogen-bond acceptors (Lipinski definition) is 6. The van der Waals surface area contributed by atoms with Gasteiger partial charge in [-0.3, -0.25) is 0 Å². The smallest absolute Gasteiger partial charge is 0.339 e. The minimum absolute atomic E-state index is 0.0474. The highest BCUT2D eigenvalue weighted by molar-refractivity contribution is 5.95. The van der Waals surface area contributed by atoms with Crippen LogP contribution in [0.1, 0.15) is 39.5 Å². The molecule has 6 nitrogen and oxygen atoms in total. The van der Waals surface area contributed by atoms with E-state index in [-0.39, 0.29) is 18.5 Å². The summed E-state index contributed by atoms with van der Waals surface area (Å²) < 4.78 is 16.2. The number of aliphatic hydroxyl groups is 1. The molecule has 2 rings (SSSR count). The number of carbonyl (C=O) groups excluding carboxylic acids is 2. The van der Waals surface area contributed by atoms with E-state index in [2.05, 4.69) is 6.58 Å². The first-order valence-corrected chi connectivity index (χ1v) is 10.7. The van der Waals surface area contributed by atoms with Crippen molar-refractivity contribution in [2.75, 3.05) is 13.2 Å². The highest BCUT2D eigenvalue weighted by atomic mass is 16.5. The second-order valence-electron chi connectivity index (χ2n) is 7.36. The van der Waals surface area contributed by atoms with Crippen molar-refractivity contribution >= 4 is 11.9 Å². The largest absolute Gasteiger partial charge is 0.491 e. The summed E-state index contributed by atoms with van der Waals surface area (Å²) in [4.78, 5) is 23.5. The molecule has 168 valence electrons. The number of aliphatic hydroxyl groups excluding tert-OH is 1. The molecule has 6 heteroatoms. The van der Waals surface area contributed by atoms with Crippen LogP contribution in [0.25, 0.3) is 0 Å². The standard InChI is InChI=1S/C25H32O6/c1-4-9-18(10-5-2)22-15-19-12-13-21(16-23(19)31-25(22)28)30-17-20(26)11-7-8-14-29-24(27)6-3/h4,6,9-10,12-13,15-16,19-20,23,26H,3,5,7-8,11,14,17H2,1-2H3/b9-4-,18-10+. The summed E-state index contributed by atoms with van der Waals surface area (Å²) in [7, 11) is 0. The van der Waals surface area contributed by atoms with Gasteiger partial charge < -0.3 is 19.3 Å². The van der Waals surface area contributed by atoms with Gasteiger partial charge in [-0.05, 0) is 50.3 Å². The Kier molecular flexibility index (Phi) is 10.0. The Bertz CT molecular complexity index is 799. The second kappa shape index (κ2) is 12.7. The van der Waals surface area contributed by atoms with Crippen LogP contribution in [-0.4, -0.2) is 42.5 Å². The fraction of sp³-hybridized carbons (Fsp3) is 0.440. The van der Waals surface area contributed by atoms with Gasteiger partial charge in [-0.25, -0.2) is 9.59 Å². The highest BCUT2D eigenvalue weighted by Crippen LogP contribution is 2.31. The molecular weight excluding hydrogens is 396 g/mol. The maximum absolute atomic E-state index is 12.5. The molecule has 0 fully saturated rings. The van der Waals surface area contributed by atoms with Crippen LogP contribution in [0.4, 0.5) is 0 Å². The summed E-state index contributed by atoms with van der Waals surface area (Å²) in [5.74, 6) is -0.262. The van der Waals surface area contributed by atoms with Gasteiger partial charge >= 0.3 is 11.9 Å². The third kappa shape index (κ3) is 7.72. The maximum Gasteiger partial charge on any atom is 0.339 e. The van der Waals surface area contributed by atoms with Gasteiger partial charge in [-0.1, -0.05) is 43.9 Å². The number of rotatable bonds is 12. The third-order valence-electron chi connectivity index (χ3n) is 4.88.